The van der Waals surface area contributed by atoms with Gasteiger partial charge in [0.05, 0.1) is 0 Å². The Balaban J connectivity index is 1.59. The topological polar surface area (TPSA) is 51.0 Å². The molecule has 2 aromatic carbocycles. The van der Waals surface area contributed by atoms with Crippen molar-refractivity contribution in [1.82, 2.24) is 10.1 Å². The number of benzene rings is 2. The number of anilines is 1. The number of nitrogens with one attached hydrogen (secondary N) is 1. The Kier molecular flexibility index (Phi) is 4.19. The number of rotatable bonds is 5. The van der Waals surface area contributed by atoms with Gasteiger partial charge in [0.1, 0.15) is 0 Å². The van der Waals surface area contributed by atoms with E-state index in [-0.39, 0.29) is 0 Å². The van der Waals surface area contributed by atoms with Gasteiger partial charge in [0.15, 0.2) is 5.82 Å². The lowest BCUT2D eigenvalue weighted by Crippen LogP contribution is -2.05. The van der Waals surface area contributed by atoms with Gasteiger partial charge in [0, 0.05) is 24.2 Å². The van der Waals surface area contributed by atoms with Crippen molar-refractivity contribution < 1.29 is 4.52 Å². The zero-order valence-electron chi connectivity index (χ0n) is 12.8. The molecule has 112 valence electrons. The van der Waals surface area contributed by atoms with Crippen LogP contribution in [0.5, 0.6) is 0 Å². The molecule has 1 heterocycles. The Morgan fingerprint density at radius 1 is 1.00 bits per heavy atom. The Bertz CT molecular complexity index is 747. The number of aryl methyl sites for hydroxylation is 2. The van der Waals surface area contributed by atoms with E-state index in [1.165, 1.54) is 11.1 Å². The van der Waals surface area contributed by atoms with Gasteiger partial charge in [-0.2, -0.15) is 4.98 Å². The molecular formula is C18H19N3O. The normalized spacial score (nSPS) is 10.6. The largest absolute Gasteiger partial charge is 0.385 e. The maximum Gasteiger partial charge on any atom is 0.257 e. The molecule has 0 unspecified atom stereocenters. The van der Waals surface area contributed by atoms with Gasteiger partial charge in [-0.05, 0) is 38.1 Å². The fourth-order valence-corrected chi connectivity index (χ4v) is 2.24. The summed E-state index contributed by atoms with van der Waals surface area (Å²) in [7, 11) is 0. The fourth-order valence-electron chi connectivity index (χ4n) is 2.24. The third-order valence-corrected chi connectivity index (χ3v) is 3.46. The molecule has 0 amide bonds. The summed E-state index contributed by atoms with van der Waals surface area (Å²) in [5.41, 5.74) is 4.50. The predicted octanol–water partition coefficient (Wildman–Crippen LogP) is 4.01. The van der Waals surface area contributed by atoms with Crippen LogP contribution in [0, 0.1) is 13.8 Å². The van der Waals surface area contributed by atoms with Gasteiger partial charge >= 0.3 is 0 Å². The monoisotopic (exact) mass is 293 g/mol. The van der Waals surface area contributed by atoms with Crippen LogP contribution in [0.15, 0.2) is 53.1 Å². The zero-order valence-corrected chi connectivity index (χ0v) is 12.8. The minimum absolute atomic E-state index is 0.578. The molecule has 0 fully saturated rings. The molecule has 0 bridgehead atoms. The molecule has 0 atom stereocenters. The van der Waals surface area contributed by atoms with Gasteiger partial charge in [-0.25, -0.2) is 0 Å². The van der Waals surface area contributed by atoms with Crippen molar-refractivity contribution in [2.75, 3.05) is 11.9 Å². The van der Waals surface area contributed by atoms with Crippen LogP contribution in [0.3, 0.4) is 0 Å². The summed E-state index contributed by atoms with van der Waals surface area (Å²) in [6.45, 7) is 4.90. The average Bonchev–Trinajstić information content (AvgIpc) is 2.98. The predicted molar refractivity (Wildman–Crippen MR) is 87.8 cm³/mol. The van der Waals surface area contributed by atoms with Crippen LogP contribution >= 0.6 is 0 Å². The molecule has 3 rings (SSSR count). The minimum Gasteiger partial charge on any atom is -0.385 e. The molecule has 22 heavy (non-hydrogen) atoms. The van der Waals surface area contributed by atoms with E-state index in [1.54, 1.807) is 0 Å². The lowest BCUT2D eigenvalue weighted by atomic mass is 10.1. The van der Waals surface area contributed by atoms with E-state index in [9.17, 15) is 0 Å². The fraction of sp³-hybridized carbons (Fsp3) is 0.222. The van der Waals surface area contributed by atoms with E-state index in [1.807, 2.05) is 31.2 Å². The van der Waals surface area contributed by atoms with Crippen molar-refractivity contribution in [1.29, 1.82) is 0 Å². The maximum atomic E-state index is 5.34. The smallest absolute Gasteiger partial charge is 0.257 e. The minimum atomic E-state index is 0.578. The molecule has 0 aliphatic carbocycles. The van der Waals surface area contributed by atoms with Crippen LogP contribution < -0.4 is 5.32 Å². The van der Waals surface area contributed by atoms with Gasteiger partial charge in [0.25, 0.3) is 5.89 Å². The van der Waals surface area contributed by atoms with Crippen molar-refractivity contribution >= 4 is 5.69 Å². The highest BCUT2D eigenvalue weighted by Gasteiger charge is 2.08. The van der Waals surface area contributed by atoms with Gasteiger partial charge in [-0.15, -0.1) is 0 Å². The Morgan fingerprint density at radius 3 is 2.59 bits per heavy atom. The first-order valence-electron chi connectivity index (χ1n) is 7.41. The maximum absolute atomic E-state index is 5.34. The number of nitrogens with zero attached hydrogens (tertiary/aromatic N) is 2. The van der Waals surface area contributed by atoms with E-state index in [0.29, 0.717) is 5.89 Å². The highest BCUT2D eigenvalue weighted by molar-refractivity contribution is 5.53. The number of hydrogen-bond donors (Lipinski definition) is 1. The Labute approximate surface area is 130 Å². The summed E-state index contributed by atoms with van der Waals surface area (Å²) < 4.78 is 5.34. The number of hydrogen-bond acceptors (Lipinski definition) is 4. The molecule has 4 heteroatoms. The van der Waals surface area contributed by atoms with Crippen LogP contribution in [-0.4, -0.2) is 16.7 Å². The van der Waals surface area contributed by atoms with Crippen molar-refractivity contribution in [3.05, 3.63) is 65.5 Å². The van der Waals surface area contributed by atoms with Crippen LogP contribution in [0.1, 0.15) is 17.0 Å². The average molecular weight is 293 g/mol. The van der Waals surface area contributed by atoms with Gasteiger partial charge in [0.2, 0.25) is 0 Å². The first-order chi connectivity index (χ1) is 10.7. The molecule has 1 N–H and O–H groups in total. The lowest BCUT2D eigenvalue weighted by molar-refractivity contribution is 0.423. The van der Waals surface area contributed by atoms with E-state index in [4.69, 9.17) is 4.52 Å². The SMILES string of the molecule is Cc1ccc(NCCc2noc(-c3cccc(C)c3)n2)cc1. The highest BCUT2D eigenvalue weighted by atomic mass is 16.5. The van der Waals surface area contributed by atoms with Crippen LogP contribution in [0.25, 0.3) is 11.5 Å². The molecule has 1 aromatic heterocycles. The summed E-state index contributed by atoms with van der Waals surface area (Å²) in [4.78, 5) is 4.45. The second kappa shape index (κ2) is 6.43. The van der Waals surface area contributed by atoms with Crippen LogP contribution in [0.4, 0.5) is 5.69 Å². The summed E-state index contributed by atoms with van der Waals surface area (Å²) >= 11 is 0. The third-order valence-electron chi connectivity index (χ3n) is 3.46. The lowest BCUT2D eigenvalue weighted by Gasteiger charge is -2.04. The highest BCUT2D eigenvalue weighted by Crippen LogP contribution is 2.18. The molecule has 0 saturated heterocycles. The van der Waals surface area contributed by atoms with E-state index >= 15 is 0 Å². The van der Waals surface area contributed by atoms with Gasteiger partial charge in [-0.1, -0.05) is 40.5 Å². The first-order valence-corrected chi connectivity index (χ1v) is 7.41. The summed E-state index contributed by atoms with van der Waals surface area (Å²) in [6, 6.07) is 16.4. The van der Waals surface area contributed by atoms with Crippen molar-refractivity contribution in [2.45, 2.75) is 20.3 Å². The second-order valence-corrected chi connectivity index (χ2v) is 5.43. The summed E-state index contributed by atoms with van der Waals surface area (Å²) in [5.74, 6) is 1.30. The van der Waals surface area contributed by atoms with Crippen LogP contribution in [0.2, 0.25) is 0 Å². The van der Waals surface area contributed by atoms with Crippen molar-refractivity contribution in [3.63, 3.8) is 0 Å². The molecule has 3 aromatic rings. The molecule has 0 aliphatic heterocycles. The Morgan fingerprint density at radius 2 is 1.82 bits per heavy atom. The van der Waals surface area contributed by atoms with Crippen molar-refractivity contribution in [3.8, 4) is 11.5 Å². The van der Waals surface area contributed by atoms with E-state index < -0.39 is 0 Å². The van der Waals surface area contributed by atoms with E-state index in [2.05, 4.69) is 46.6 Å². The molecule has 0 radical (unpaired) electrons. The van der Waals surface area contributed by atoms with Gasteiger partial charge in [-0.3, -0.25) is 0 Å². The summed E-state index contributed by atoms with van der Waals surface area (Å²) in [5, 5.41) is 7.40. The zero-order chi connectivity index (χ0) is 15.4. The molecule has 0 saturated carbocycles. The standard InChI is InChI=1S/C18H19N3O/c1-13-6-8-16(9-7-13)19-11-10-17-20-18(22-21-17)15-5-3-4-14(2)12-15/h3-9,12,19H,10-11H2,1-2H3. The molecular weight excluding hydrogens is 274 g/mol. The molecule has 0 spiro atoms. The second-order valence-electron chi connectivity index (χ2n) is 5.43. The Hall–Kier alpha value is -2.62. The third kappa shape index (κ3) is 3.52. The quantitative estimate of drug-likeness (QED) is 0.772. The van der Waals surface area contributed by atoms with Crippen LogP contribution in [-0.2, 0) is 6.42 Å². The van der Waals surface area contributed by atoms with E-state index in [0.717, 1.165) is 30.0 Å². The first kappa shape index (κ1) is 14.3. The van der Waals surface area contributed by atoms with Gasteiger partial charge < -0.3 is 9.84 Å². The molecule has 0 aliphatic rings. The number of aromatic nitrogens is 2. The molecule has 4 nitrogen and oxygen atoms in total. The summed E-state index contributed by atoms with van der Waals surface area (Å²) in [6.07, 6.45) is 0.725. The van der Waals surface area contributed by atoms with Crippen molar-refractivity contribution in [2.24, 2.45) is 0 Å².